The van der Waals surface area contributed by atoms with Crippen LogP contribution in [0.25, 0.3) is 0 Å². The second-order valence-corrected chi connectivity index (χ2v) is 5.37. The summed E-state index contributed by atoms with van der Waals surface area (Å²) in [6, 6.07) is 7.92. The number of aryl methyl sites for hydroxylation is 2. The van der Waals surface area contributed by atoms with Gasteiger partial charge in [0.2, 0.25) is 0 Å². The minimum Gasteiger partial charge on any atom is -0.383 e. The quantitative estimate of drug-likeness (QED) is 0.853. The van der Waals surface area contributed by atoms with Gasteiger partial charge in [-0.15, -0.1) is 11.3 Å². The van der Waals surface area contributed by atoms with Crippen LogP contribution in [0.5, 0.6) is 0 Å². The number of rotatable bonds is 2. The van der Waals surface area contributed by atoms with Gasteiger partial charge >= 0.3 is 0 Å². The number of hydrogen-bond acceptors (Lipinski definition) is 2. The SMILES string of the molecule is Cc1cc(C)cc(C(O)c2cc(Cl)cs2)c1. The molecule has 16 heavy (non-hydrogen) atoms. The molecular weight excluding hydrogens is 240 g/mol. The standard InChI is InChI=1S/C13H13ClOS/c1-8-3-9(2)5-10(4-8)13(15)12-6-11(14)7-16-12/h3-7,13,15H,1-2H3. The molecule has 1 atom stereocenters. The van der Waals surface area contributed by atoms with Crippen molar-refractivity contribution in [2.24, 2.45) is 0 Å². The molecule has 1 aromatic heterocycles. The molecule has 3 heteroatoms. The maximum absolute atomic E-state index is 10.2. The molecule has 0 amide bonds. The largest absolute Gasteiger partial charge is 0.383 e. The summed E-state index contributed by atoms with van der Waals surface area (Å²) in [5.41, 5.74) is 3.25. The molecule has 0 bridgehead atoms. The van der Waals surface area contributed by atoms with E-state index in [2.05, 4.69) is 6.07 Å². The molecule has 1 heterocycles. The van der Waals surface area contributed by atoms with Gasteiger partial charge in [0.15, 0.2) is 0 Å². The van der Waals surface area contributed by atoms with Crippen LogP contribution in [-0.4, -0.2) is 5.11 Å². The van der Waals surface area contributed by atoms with Gasteiger partial charge in [0.05, 0.1) is 5.02 Å². The van der Waals surface area contributed by atoms with Crippen LogP contribution >= 0.6 is 22.9 Å². The van der Waals surface area contributed by atoms with Crippen molar-refractivity contribution in [3.8, 4) is 0 Å². The van der Waals surface area contributed by atoms with Crippen LogP contribution in [0.2, 0.25) is 5.02 Å². The molecule has 0 aliphatic rings. The Bertz CT molecular complexity index is 484. The maximum Gasteiger partial charge on any atom is 0.113 e. The molecule has 1 aromatic carbocycles. The summed E-state index contributed by atoms with van der Waals surface area (Å²) in [5.74, 6) is 0. The highest BCUT2D eigenvalue weighted by atomic mass is 35.5. The summed E-state index contributed by atoms with van der Waals surface area (Å²) in [6.07, 6.45) is -0.573. The van der Waals surface area contributed by atoms with E-state index in [1.807, 2.05) is 37.4 Å². The number of aliphatic hydroxyl groups is 1. The van der Waals surface area contributed by atoms with Crippen molar-refractivity contribution < 1.29 is 5.11 Å². The molecule has 84 valence electrons. The van der Waals surface area contributed by atoms with Crippen LogP contribution in [0.4, 0.5) is 0 Å². The summed E-state index contributed by atoms with van der Waals surface area (Å²) in [4.78, 5) is 0.884. The lowest BCUT2D eigenvalue weighted by molar-refractivity contribution is 0.224. The van der Waals surface area contributed by atoms with E-state index in [1.165, 1.54) is 11.3 Å². The minimum absolute atomic E-state index is 0.573. The fraction of sp³-hybridized carbons (Fsp3) is 0.231. The Morgan fingerprint density at radius 2 is 1.75 bits per heavy atom. The zero-order valence-electron chi connectivity index (χ0n) is 9.20. The molecule has 0 saturated heterocycles. The van der Waals surface area contributed by atoms with Crippen molar-refractivity contribution in [2.45, 2.75) is 20.0 Å². The Morgan fingerprint density at radius 1 is 1.12 bits per heavy atom. The molecule has 1 unspecified atom stereocenters. The number of benzene rings is 1. The van der Waals surface area contributed by atoms with Crippen LogP contribution in [0, 0.1) is 13.8 Å². The highest BCUT2D eigenvalue weighted by Crippen LogP contribution is 2.30. The number of thiophene rings is 1. The predicted molar refractivity (Wildman–Crippen MR) is 69.3 cm³/mol. The number of halogens is 1. The van der Waals surface area contributed by atoms with Gasteiger partial charge in [0, 0.05) is 10.3 Å². The van der Waals surface area contributed by atoms with Crippen molar-refractivity contribution in [1.82, 2.24) is 0 Å². The third-order valence-electron chi connectivity index (χ3n) is 2.42. The Kier molecular flexibility index (Phi) is 3.33. The number of aliphatic hydroxyl groups excluding tert-OH is 1. The maximum atomic E-state index is 10.2. The molecular formula is C13H13ClOS. The van der Waals surface area contributed by atoms with Gasteiger partial charge in [-0.3, -0.25) is 0 Å². The molecule has 0 aliphatic carbocycles. The van der Waals surface area contributed by atoms with Gasteiger partial charge in [0.1, 0.15) is 6.10 Å². The van der Waals surface area contributed by atoms with Crippen LogP contribution in [0.15, 0.2) is 29.6 Å². The molecule has 0 fully saturated rings. The first-order valence-electron chi connectivity index (χ1n) is 5.06. The Balaban J connectivity index is 2.37. The van der Waals surface area contributed by atoms with Crippen molar-refractivity contribution in [1.29, 1.82) is 0 Å². The molecule has 0 spiro atoms. The van der Waals surface area contributed by atoms with Crippen molar-refractivity contribution in [3.05, 3.63) is 56.2 Å². The lowest BCUT2D eigenvalue weighted by atomic mass is 10.0. The van der Waals surface area contributed by atoms with E-state index in [-0.39, 0.29) is 0 Å². The van der Waals surface area contributed by atoms with Crippen LogP contribution in [-0.2, 0) is 0 Å². The highest BCUT2D eigenvalue weighted by Gasteiger charge is 2.13. The van der Waals surface area contributed by atoms with E-state index in [1.54, 1.807) is 0 Å². The molecule has 2 rings (SSSR count). The molecule has 2 aromatic rings. The average molecular weight is 253 g/mol. The van der Waals surface area contributed by atoms with Gasteiger partial charge in [-0.1, -0.05) is 40.9 Å². The molecule has 1 N–H and O–H groups in total. The van der Waals surface area contributed by atoms with Crippen LogP contribution in [0.3, 0.4) is 0 Å². The summed E-state index contributed by atoms with van der Waals surface area (Å²) < 4.78 is 0. The number of hydrogen-bond donors (Lipinski definition) is 1. The van der Waals surface area contributed by atoms with E-state index in [0.717, 1.165) is 21.6 Å². The van der Waals surface area contributed by atoms with Gasteiger partial charge in [0.25, 0.3) is 0 Å². The van der Waals surface area contributed by atoms with Gasteiger partial charge in [-0.2, -0.15) is 0 Å². The first-order valence-corrected chi connectivity index (χ1v) is 6.32. The summed E-state index contributed by atoms with van der Waals surface area (Å²) >= 11 is 7.34. The highest BCUT2D eigenvalue weighted by molar-refractivity contribution is 7.10. The van der Waals surface area contributed by atoms with Crippen molar-refractivity contribution >= 4 is 22.9 Å². The Hall–Kier alpha value is -0.830. The van der Waals surface area contributed by atoms with Gasteiger partial charge in [-0.25, -0.2) is 0 Å². The van der Waals surface area contributed by atoms with E-state index in [4.69, 9.17) is 11.6 Å². The smallest absolute Gasteiger partial charge is 0.113 e. The van der Waals surface area contributed by atoms with Gasteiger partial charge < -0.3 is 5.11 Å². The first kappa shape index (κ1) is 11.6. The van der Waals surface area contributed by atoms with E-state index >= 15 is 0 Å². The monoisotopic (exact) mass is 252 g/mol. The minimum atomic E-state index is -0.573. The van der Waals surface area contributed by atoms with Crippen LogP contribution < -0.4 is 0 Å². The topological polar surface area (TPSA) is 20.2 Å². The van der Waals surface area contributed by atoms with E-state index in [9.17, 15) is 5.11 Å². The average Bonchev–Trinajstić information content (AvgIpc) is 2.62. The zero-order valence-corrected chi connectivity index (χ0v) is 10.8. The fourth-order valence-electron chi connectivity index (χ4n) is 1.80. The Morgan fingerprint density at radius 3 is 2.25 bits per heavy atom. The van der Waals surface area contributed by atoms with E-state index in [0.29, 0.717) is 5.02 Å². The predicted octanol–water partition coefficient (Wildman–Crippen LogP) is 4.10. The summed E-state index contributed by atoms with van der Waals surface area (Å²) in [7, 11) is 0. The second kappa shape index (κ2) is 4.58. The third kappa shape index (κ3) is 2.46. The molecule has 1 nitrogen and oxygen atoms in total. The summed E-state index contributed by atoms with van der Waals surface area (Å²) in [5, 5.41) is 12.7. The fourth-order valence-corrected chi connectivity index (χ4v) is 2.90. The zero-order chi connectivity index (χ0) is 11.7. The molecule has 0 aliphatic heterocycles. The normalized spacial score (nSPS) is 12.8. The van der Waals surface area contributed by atoms with E-state index < -0.39 is 6.10 Å². The molecule has 0 saturated carbocycles. The van der Waals surface area contributed by atoms with Crippen LogP contribution in [0.1, 0.15) is 27.7 Å². The van der Waals surface area contributed by atoms with Gasteiger partial charge in [-0.05, 0) is 25.5 Å². The Labute approximate surface area is 104 Å². The van der Waals surface area contributed by atoms with Crippen molar-refractivity contribution in [2.75, 3.05) is 0 Å². The second-order valence-electron chi connectivity index (χ2n) is 3.99. The lowest BCUT2D eigenvalue weighted by Gasteiger charge is -2.10. The third-order valence-corrected chi connectivity index (χ3v) is 3.75. The van der Waals surface area contributed by atoms with Crippen molar-refractivity contribution in [3.63, 3.8) is 0 Å². The molecule has 0 radical (unpaired) electrons. The first-order chi connectivity index (χ1) is 7.56. The lowest BCUT2D eigenvalue weighted by Crippen LogP contribution is -1.98. The summed E-state index contributed by atoms with van der Waals surface area (Å²) in [6.45, 7) is 4.06.